The molecule has 0 radical (unpaired) electrons. The Kier molecular flexibility index (Phi) is 11.6. The molecular weight excluding hydrogens is 407 g/mol. The number of ether oxygens (including phenoxy) is 1. The first-order chi connectivity index (χ1) is 10.6. The Morgan fingerprint density at radius 2 is 1.87 bits per heavy atom. The van der Waals surface area contributed by atoms with E-state index in [4.69, 9.17) is 4.74 Å². The molecule has 0 aromatic carbocycles. The van der Waals surface area contributed by atoms with Crippen LogP contribution in [0.25, 0.3) is 0 Å². The molecule has 6 nitrogen and oxygen atoms in total. The molecule has 0 atom stereocenters. The number of rotatable bonds is 8. The van der Waals surface area contributed by atoms with Crippen LogP contribution in [0.15, 0.2) is 4.99 Å². The monoisotopic (exact) mass is 440 g/mol. The highest BCUT2D eigenvalue weighted by atomic mass is 127. The average Bonchev–Trinajstić information content (AvgIpc) is 2.98. The third kappa shape index (κ3) is 7.24. The second kappa shape index (κ2) is 11.9. The van der Waals surface area contributed by atoms with Crippen LogP contribution in [0.2, 0.25) is 0 Å². The summed E-state index contributed by atoms with van der Waals surface area (Å²) < 4.78 is 5.32. The molecule has 0 bridgehead atoms. The summed E-state index contributed by atoms with van der Waals surface area (Å²) in [5.74, 6) is 0.971. The SMILES string of the molecule is CCNC(=NCC1(C(=O)N(C)C)CCCC1)NCCOCC.I. The minimum atomic E-state index is -0.314. The Bertz CT molecular complexity index is 369. The van der Waals surface area contributed by atoms with Gasteiger partial charge in [0.15, 0.2) is 5.96 Å². The van der Waals surface area contributed by atoms with Gasteiger partial charge in [0.25, 0.3) is 0 Å². The van der Waals surface area contributed by atoms with E-state index in [9.17, 15) is 4.79 Å². The largest absolute Gasteiger partial charge is 0.380 e. The molecule has 1 aliphatic carbocycles. The predicted molar refractivity (Wildman–Crippen MR) is 105 cm³/mol. The number of halogens is 1. The van der Waals surface area contributed by atoms with E-state index >= 15 is 0 Å². The van der Waals surface area contributed by atoms with Gasteiger partial charge in [-0.2, -0.15) is 0 Å². The Hall–Kier alpha value is -0.570. The van der Waals surface area contributed by atoms with E-state index in [1.807, 2.05) is 27.9 Å². The molecule has 1 amide bonds. The van der Waals surface area contributed by atoms with Gasteiger partial charge in [-0.05, 0) is 26.7 Å². The number of amides is 1. The fourth-order valence-corrected chi connectivity index (χ4v) is 2.92. The smallest absolute Gasteiger partial charge is 0.230 e. The number of guanidine groups is 1. The number of hydrogen-bond acceptors (Lipinski definition) is 3. The number of carbonyl (C=O) groups is 1. The molecule has 0 aromatic rings. The molecule has 136 valence electrons. The molecule has 23 heavy (non-hydrogen) atoms. The number of carbonyl (C=O) groups excluding carboxylic acids is 1. The third-order valence-corrected chi connectivity index (χ3v) is 4.05. The first-order valence-corrected chi connectivity index (χ1v) is 8.37. The lowest BCUT2D eigenvalue weighted by Gasteiger charge is -2.29. The molecule has 1 saturated carbocycles. The van der Waals surface area contributed by atoms with Gasteiger partial charge >= 0.3 is 0 Å². The van der Waals surface area contributed by atoms with Crippen LogP contribution >= 0.6 is 24.0 Å². The predicted octanol–water partition coefficient (Wildman–Crippen LogP) is 1.84. The van der Waals surface area contributed by atoms with Gasteiger partial charge in [-0.1, -0.05) is 12.8 Å². The van der Waals surface area contributed by atoms with E-state index in [-0.39, 0.29) is 35.3 Å². The highest BCUT2D eigenvalue weighted by molar-refractivity contribution is 14.0. The summed E-state index contributed by atoms with van der Waals surface area (Å²) in [6, 6.07) is 0. The van der Waals surface area contributed by atoms with Gasteiger partial charge in [-0.15, -0.1) is 24.0 Å². The second-order valence-electron chi connectivity index (χ2n) is 6.01. The zero-order valence-electron chi connectivity index (χ0n) is 15.0. The maximum absolute atomic E-state index is 12.5. The molecule has 1 aliphatic rings. The van der Waals surface area contributed by atoms with Crippen molar-refractivity contribution in [3.05, 3.63) is 0 Å². The minimum Gasteiger partial charge on any atom is -0.380 e. The van der Waals surface area contributed by atoms with E-state index in [0.29, 0.717) is 19.7 Å². The fourth-order valence-electron chi connectivity index (χ4n) is 2.92. The number of aliphatic imine (C=N–C) groups is 1. The summed E-state index contributed by atoms with van der Waals surface area (Å²) in [5.41, 5.74) is -0.314. The van der Waals surface area contributed by atoms with E-state index in [0.717, 1.165) is 44.8 Å². The molecule has 0 saturated heterocycles. The van der Waals surface area contributed by atoms with E-state index in [1.165, 1.54) is 0 Å². The quantitative estimate of drug-likeness (QED) is 0.262. The van der Waals surface area contributed by atoms with Gasteiger partial charge in [0, 0.05) is 33.8 Å². The van der Waals surface area contributed by atoms with Crippen LogP contribution in [0.5, 0.6) is 0 Å². The molecule has 2 N–H and O–H groups in total. The maximum atomic E-state index is 12.5. The van der Waals surface area contributed by atoms with Crippen molar-refractivity contribution in [2.45, 2.75) is 39.5 Å². The summed E-state index contributed by atoms with van der Waals surface area (Å²) in [5, 5.41) is 6.48. The fraction of sp³-hybridized carbons (Fsp3) is 0.875. The van der Waals surface area contributed by atoms with Crippen molar-refractivity contribution in [2.24, 2.45) is 10.4 Å². The van der Waals surface area contributed by atoms with Gasteiger partial charge in [-0.25, -0.2) is 0 Å². The molecule has 1 fully saturated rings. The first kappa shape index (κ1) is 22.4. The molecule has 0 heterocycles. The summed E-state index contributed by atoms with van der Waals surface area (Å²) in [7, 11) is 3.66. The van der Waals surface area contributed by atoms with E-state index in [2.05, 4.69) is 15.6 Å². The van der Waals surface area contributed by atoms with Crippen molar-refractivity contribution in [2.75, 3.05) is 46.9 Å². The van der Waals surface area contributed by atoms with Crippen molar-refractivity contribution in [3.8, 4) is 0 Å². The zero-order chi connectivity index (χ0) is 16.4. The van der Waals surface area contributed by atoms with Crippen molar-refractivity contribution in [1.29, 1.82) is 0 Å². The van der Waals surface area contributed by atoms with E-state index < -0.39 is 0 Å². The lowest BCUT2D eigenvalue weighted by atomic mass is 9.85. The molecule has 1 rings (SSSR count). The second-order valence-corrected chi connectivity index (χ2v) is 6.01. The number of hydrogen-bond donors (Lipinski definition) is 2. The summed E-state index contributed by atoms with van der Waals surface area (Å²) >= 11 is 0. The average molecular weight is 440 g/mol. The number of nitrogens with one attached hydrogen (secondary N) is 2. The van der Waals surface area contributed by atoms with Crippen LogP contribution in [0.4, 0.5) is 0 Å². The summed E-state index contributed by atoms with van der Waals surface area (Å²) in [6.07, 6.45) is 4.10. The summed E-state index contributed by atoms with van der Waals surface area (Å²) in [6.45, 7) is 7.46. The van der Waals surface area contributed by atoms with Crippen molar-refractivity contribution < 1.29 is 9.53 Å². The Morgan fingerprint density at radius 3 is 2.39 bits per heavy atom. The van der Waals surface area contributed by atoms with Crippen LogP contribution < -0.4 is 10.6 Å². The zero-order valence-corrected chi connectivity index (χ0v) is 17.3. The first-order valence-electron chi connectivity index (χ1n) is 8.37. The molecule has 0 aromatic heterocycles. The van der Waals surface area contributed by atoms with Crippen molar-refractivity contribution in [3.63, 3.8) is 0 Å². The van der Waals surface area contributed by atoms with Crippen LogP contribution in [0.1, 0.15) is 39.5 Å². The maximum Gasteiger partial charge on any atom is 0.230 e. The van der Waals surface area contributed by atoms with Crippen LogP contribution in [0, 0.1) is 5.41 Å². The Morgan fingerprint density at radius 1 is 1.22 bits per heavy atom. The van der Waals surface area contributed by atoms with Crippen LogP contribution in [-0.2, 0) is 9.53 Å². The van der Waals surface area contributed by atoms with Crippen LogP contribution in [0.3, 0.4) is 0 Å². The Balaban J connectivity index is 0.00000484. The van der Waals surface area contributed by atoms with Gasteiger partial charge in [0.1, 0.15) is 0 Å². The third-order valence-electron chi connectivity index (χ3n) is 4.05. The number of nitrogens with zero attached hydrogens (tertiary/aromatic N) is 2. The molecular formula is C16H33IN4O2. The molecule has 0 spiro atoms. The normalized spacial score (nSPS) is 16.6. The lowest BCUT2D eigenvalue weighted by Crippen LogP contribution is -2.43. The molecule has 0 aliphatic heterocycles. The van der Waals surface area contributed by atoms with Crippen LogP contribution in [-0.4, -0.2) is 63.7 Å². The lowest BCUT2D eigenvalue weighted by molar-refractivity contribution is -0.138. The minimum absolute atomic E-state index is 0. The highest BCUT2D eigenvalue weighted by Crippen LogP contribution is 2.39. The topological polar surface area (TPSA) is 66.0 Å². The highest BCUT2D eigenvalue weighted by Gasteiger charge is 2.41. The van der Waals surface area contributed by atoms with Gasteiger partial charge in [0.2, 0.25) is 5.91 Å². The Labute approximate surface area is 157 Å². The van der Waals surface area contributed by atoms with Gasteiger partial charge < -0.3 is 20.3 Å². The van der Waals surface area contributed by atoms with Gasteiger partial charge in [0.05, 0.1) is 18.6 Å². The van der Waals surface area contributed by atoms with Crippen molar-refractivity contribution >= 4 is 35.8 Å². The van der Waals surface area contributed by atoms with Gasteiger partial charge in [-0.3, -0.25) is 9.79 Å². The molecule has 7 heteroatoms. The molecule has 0 unspecified atom stereocenters. The summed E-state index contributed by atoms with van der Waals surface area (Å²) in [4.78, 5) is 18.9. The standard InChI is InChI=1S/C16H32N4O2.HI/c1-5-17-15(18-11-12-22-6-2)19-13-16(9-7-8-10-16)14(21)20(3)4;/h5-13H2,1-4H3,(H2,17,18,19);1H. The van der Waals surface area contributed by atoms with E-state index in [1.54, 1.807) is 4.90 Å². The van der Waals surface area contributed by atoms with Crippen molar-refractivity contribution in [1.82, 2.24) is 15.5 Å².